The van der Waals surface area contributed by atoms with E-state index in [9.17, 15) is 4.79 Å². The first-order valence-corrected chi connectivity index (χ1v) is 7.69. The van der Waals surface area contributed by atoms with Crippen LogP contribution in [0.25, 0.3) is 11.3 Å². The van der Waals surface area contributed by atoms with Gasteiger partial charge in [-0.3, -0.25) is 9.89 Å². The molecule has 122 valence electrons. The van der Waals surface area contributed by atoms with E-state index in [0.29, 0.717) is 27.2 Å². The van der Waals surface area contributed by atoms with Crippen LogP contribution in [-0.4, -0.2) is 21.8 Å². The summed E-state index contributed by atoms with van der Waals surface area (Å²) in [6.45, 7) is 1.73. The van der Waals surface area contributed by atoms with Gasteiger partial charge in [-0.1, -0.05) is 29.3 Å². The molecule has 24 heavy (non-hydrogen) atoms. The molecule has 0 radical (unpaired) electrons. The van der Waals surface area contributed by atoms with Crippen LogP contribution >= 0.6 is 23.2 Å². The molecule has 8 heteroatoms. The Labute approximate surface area is 147 Å². The van der Waals surface area contributed by atoms with Gasteiger partial charge in [-0.15, -0.1) is 0 Å². The zero-order valence-corrected chi connectivity index (χ0v) is 14.0. The molecule has 0 spiro atoms. The van der Waals surface area contributed by atoms with E-state index in [2.05, 4.69) is 20.7 Å². The van der Waals surface area contributed by atoms with Gasteiger partial charge in [0, 0.05) is 5.56 Å². The van der Waals surface area contributed by atoms with Gasteiger partial charge in [0.05, 0.1) is 22.0 Å². The number of nitrogens with one attached hydrogen (secondary N) is 2. The maximum atomic E-state index is 12.1. The van der Waals surface area contributed by atoms with Crippen LogP contribution in [0.3, 0.4) is 0 Å². The molecule has 3 aromatic rings. The molecule has 2 aromatic heterocycles. The molecular weight excluding hydrogens is 351 g/mol. The lowest BCUT2D eigenvalue weighted by molar-refractivity contribution is 0.0950. The van der Waals surface area contributed by atoms with Crippen molar-refractivity contribution >= 4 is 34.8 Å². The number of hydrogen-bond acceptors (Lipinski definition) is 4. The number of rotatable bonds is 4. The van der Waals surface area contributed by atoms with Gasteiger partial charge >= 0.3 is 0 Å². The number of aromatic amines is 1. The molecule has 6 nitrogen and oxygen atoms in total. The summed E-state index contributed by atoms with van der Waals surface area (Å²) >= 11 is 11.9. The monoisotopic (exact) mass is 362 g/mol. The first-order valence-electron chi connectivity index (χ1n) is 6.94. The van der Waals surface area contributed by atoms with E-state index in [1.54, 1.807) is 43.3 Å². The number of aromatic nitrogens is 2. The Bertz CT molecular complexity index is 901. The molecule has 3 rings (SSSR count). The summed E-state index contributed by atoms with van der Waals surface area (Å²) in [5.74, 6) is 0.163. The molecule has 2 heterocycles. The van der Waals surface area contributed by atoms with Gasteiger partial charge < -0.3 is 4.42 Å². The van der Waals surface area contributed by atoms with Gasteiger partial charge in [0.2, 0.25) is 0 Å². The van der Waals surface area contributed by atoms with Gasteiger partial charge in [-0.2, -0.15) is 10.2 Å². The van der Waals surface area contributed by atoms with E-state index in [-0.39, 0.29) is 5.69 Å². The quantitative estimate of drug-likeness (QED) is 0.540. The second-order valence-electron chi connectivity index (χ2n) is 4.91. The maximum Gasteiger partial charge on any atom is 0.289 e. The number of carbonyl (C=O) groups excluding carboxylic acids is 1. The highest BCUT2D eigenvalue weighted by atomic mass is 35.5. The van der Waals surface area contributed by atoms with Crippen molar-refractivity contribution in [3.8, 4) is 11.3 Å². The number of amides is 1. The van der Waals surface area contributed by atoms with Gasteiger partial charge in [-0.25, -0.2) is 5.43 Å². The molecule has 0 bridgehead atoms. The number of halogens is 2. The molecule has 0 saturated heterocycles. The number of hydrazone groups is 1. The Morgan fingerprint density at radius 1 is 1.25 bits per heavy atom. The number of nitrogens with zero attached hydrogens (tertiary/aromatic N) is 2. The predicted molar refractivity (Wildman–Crippen MR) is 92.4 cm³/mol. The Kier molecular flexibility index (Phi) is 4.69. The molecule has 0 atom stereocenters. The van der Waals surface area contributed by atoms with Crippen LogP contribution in [0, 0.1) is 0 Å². The summed E-state index contributed by atoms with van der Waals surface area (Å²) in [5.41, 5.74) is 4.59. The Hall–Kier alpha value is -2.57. The Morgan fingerprint density at radius 2 is 2.08 bits per heavy atom. The van der Waals surface area contributed by atoms with Crippen LogP contribution in [0.15, 0.2) is 52.2 Å². The number of hydrogen-bond donors (Lipinski definition) is 2. The summed E-state index contributed by atoms with van der Waals surface area (Å²) in [5, 5.41) is 11.6. The fourth-order valence-electron chi connectivity index (χ4n) is 1.98. The van der Waals surface area contributed by atoms with Crippen molar-refractivity contribution in [1.29, 1.82) is 0 Å². The van der Waals surface area contributed by atoms with Crippen LogP contribution < -0.4 is 5.43 Å². The first kappa shape index (κ1) is 16.3. The molecule has 2 N–H and O–H groups in total. The molecule has 0 aliphatic carbocycles. The fraction of sp³-hybridized carbons (Fsp3) is 0.0625. The third kappa shape index (κ3) is 3.50. The first-order chi connectivity index (χ1) is 11.5. The minimum absolute atomic E-state index is 0.270. The predicted octanol–water partition coefficient (Wildman–Crippen LogP) is 4.13. The van der Waals surface area contributed by atoms with E-state index in [0.717, 1.165) is 5.56 Å². The molecule has 0 fully saturated rings. The minimum atomic E-state index is -0.417. The van der Waals surface area contributed by atoms with Crippen molar-refractivity contribution in [2.45, 2.75) is 6.92 Å². The van der Waals surface area contributed by atoms with E-state index < -0.39 is 5.91 Å². The number of benzene rings is 1. The maximum absolute atomic E-state index is 12.1. The number of carbonyl (C=O) groups is 1. The lowest BCUT2D eigenvalue weighted by atomic mass is 10.1. The summed E-state index contributed by atoms with van der Waals surface area (Å²) in [6, 6.07) is 10.2. The van der Waals surface area contributed by atoms with Crippen molar-refractivity contribution < 1.29 is 9.21 Å². The van der Waals surface area contributed by atoms with Gasteiger partial charge in [0.25, 0.3) is 5.91 Å². The van der Waals surface area contributed by atoms with Gasteiger partial charge in [0.15, 0.2) is 0 Å². The molecule has 0 saturated carbocycles. The topological polar surface area (TPSA) is 83.3 Å². The standard InChI is InChI=1S/C16H12Cl2N4O2/c1-9(15-3-2-6-24-15)19-22-16(23)14-8-13(20-21-14)10-4-5-11(17)12(18)7-10/h2-8H,1H3,(H,20,21)(H,22,23)/b19-9+. The second-order valence-corrected chi connectivity index (χ2v) is 5.73. The highest BCUT2D eigenvalue weighted by Crippen LogP contribution is 2.27. The van der Waals surface area contributed by atoms with Crippen LogP contribution in [0.4, 0.5) is 0 Å². The molecule has 0 aliphatic rings. The van der Waals surface area contributed by atoms with Crippen molar-refractivity contribution in [3.05, 3.63) is 64.2 Å². The van der Waals surface area contributed by atoms with Crippen molar-refractivity contribution in [2.24, 2.45) is 5.10 Å². The van der Waals surface area contributed by atoms with Crippen molar-refractivity contribution in [1.82, 2.24) is 15.6 Å². The lowest BCUT2D eigenvalue weighted by Crippen LogP contribution is -2.19. The molecular formula is C16H12Cl2N4O2. The average molecular weight is 363 g/mol. The van der Waals surface area contributed by atoms with Crippen molar-refractivity contribution in [2.75, 3.05) is 0 Å². The SMILES string of the molecule is C/C(=N\NC(=O)c1cc(-c2ccc(Cl)c(Cl)c2)n[nH]1)c1ccco1. The van der Waals surface area contributed by atoms with Crippen molar-refractivity contribution in [3.63, 3.8) is 0 Å². The van der Waals surface area contributed by atoms with E-state index >= 15 is 0 Å². The molecule has 1 aromatic carbocycles. The summed E-state index contributed by atoms with van der Waals surface area (Å²) < 4.78 is 5.19. The van der Waals surface area contributed by atoms with Gasteiger partial charge in [0.1, 0.15) is 17.2 Å². The second kappa shape index (κ2) is 6.90. The Balaban J connectivity index is 1.74. The minimum Gasteiger partial charge on any atom is -0.463 e. The van der Waals surface area contributed by atoms with Crippen LogP contribution in [0.5, 0.6) is 0 Å². The molecule has 1 amide bonds. The van der Waals surface area contributed by atoms with Crippen LogP contribution in [-0.2, 0) is 0 Å². The zero-order valence-electron chi connectivity index (χ0n) is 12.5. The number of furan rings is 1. The lowest BCUT2D eigenvalue weighted by Gasteiger charge is -1.99. The summed E-state index contributed by atoms with van der Waals surface area (Å²) in [7, 11) is 0. The average Bonchev–Trinajstić information content (AvgIpc) is 3.26. The zero-order chi connectivity index (χ0) is 17.1. The van der Waals surface area contributed by atoms with Gasteiger partial charge in [-0.05, 0) is 37.3 Å². The van der Waals surface area contributed by atoms with Crippen LogP contribution in [0.2, 0.25) is 10.0 Å². The highest BCUT2D eigenvalue weighted by molar-refractivity contribution is 6.42. The third-order valence-electron chi connectivity index (χ3n) is 3.24. The normalized spacial score (nSPS) is 11.5. The summed E-state index contributed by atoms with van der Waals surface area (Å²) in [6.07, 6.45) is 1.54. The number of H-pyrrole nitrogens is 1. The highest BCUT2D eigenvalue weighted by Gasteiger charge is 2.12. The summed E-state index contributed by atoms with van der Waals surface area (Å²) in [4.78, 5) is 12.1. The molecule has 0 unspecified atom stereocenters. The fourth-order valence-corrected chi connectivity index (χ4v) is 2.27. The van der Waals surface area contributed by atoms with E-state index in [1.165, 1.54) is 6.26 Å². The third-order valence-corrected chi connectivity index (χ3v) is 3.98. The van der Waals surface area contributed by atoms with E-state index in [4.69, 9.17) is 27.6 Å². The van der Waals surface area contributed by atoms with E-state index in [1.807, 2.05) is 0 Å². The molecule has 0 aliphatic heterocycles. The smallest absolute Gasteiger partial charge is 0.289 e. The Morgan fingerprint density at radius 3 is 2.79 bits per heavy atom. The van der Waals surface area contributed by atoms with Crippen LogP contribution in [0.1, 0.15) is 23.2 Å². The largest absolute Gasteiger partial charge is 0.463 e.